The number of hydrogen-bond donors (Lipinski definition) is 2. The molecule has 46 valence electrons. The summed E-state index contributed by atoms with van der Waals surface area (Å²) in [5.41, 5.74) is 11.5. The van der Waals surface area contributed by atoms with Gasteiger partial charge in [0.05, 0.1) is 0 Å². The summed E-state index contributed by atoms with van der Waals surface area (Å²) in [4.78, 5) is 2.84. The lowest BCUT2D eigenvalue weighted by Gasteiger charge is -1.83. The molecule has 0 aromatic rings. The molecule has 0 heterocycles. The second-order valence-corrected chi connectivity index (χ2v) is 1.46. The molecule has 0 aromatic carbocycles. The van der Waals surface area contributed by atoms with Crippen molar-refractivity contribution >= 4 is 0 Å². The first-order valence-corrected chi connectivity index (χ1v) is 2.65. The van der Waals surface area contributed by atoms with Crippen LogP contribution in [0.2, 0.25) is 0 Å². The molecule has 0 amide bonds. The lowest BCUT2D eigenvalue weighted by atomic mass is 10.3. The minimum absolute atomic E-state index is 0.640. The Bertz CT molecular complexity index is 84.0. The summed E-state index contributed by atoms with van der Waals surface area (Å²) >= 11 is 0. The first kappa shape index (κ1) is 7.27. The van der Waals surface area contributed by atoms with E-state index in [1.165, 1.54) is 0 Å². The Morgan fingerprint density at radius 3 is 2.75 bits per heavy atom. The highest BCUT2D eigenvalue weighted by Gasteiger charge is 1.85. The van der Waals surface area contributed by atoms with Crippen LogP contribution in [0.5, 0.6) is 0 Å². The smallest absolute Gasteiger partial charge is 0.214 e. The van der Waals surface area contributed by atoms with E-state index in [4.69, 9.17) is 11.3 Å². The maximum absolute atomic E-state index is 6.27. The summed E-state index contributed by atoms with van der Waals surface area (Å²) in [6.45, 7) is 1.34. The minimum Gasteiger partial charge on any atom is -0.330 e. The molecule has 4 heteroatoms. The van der Waals surface area contributed by atoms with Crippen molar-refractivity contribution in [3.05, 3.63) is 0 Å². The first-order valence-electron chi connectivity index (χ1n) is 2.65. The quantitative estimate of drug-likeness (QED) is 0.308. The van der Waals surface area contributed by atoms with Crippen LogP contribution in [0.4, 0.5) is 0 Å². The monoisotopic (exact) mass is 115 g/mol. The average molecular weight is 115 g/mol. The molecule has 4 nitrogen and oxygen atoms in total. The molecule has 0 atom stereocenters. The van der Waals surface area contributed by atoms with Crippen LogP contribution in [0.1, 0.15) is 12.8 Å². The minimum atomic E-state index is 0.640. The van der Waals surface area contributed by atoms with Crippen molar-refractivity contribution in [1.82, 2.24) is 4.91 Å². The van der Waals surface area contributed by atoms with Gasteiger partial charge in [0.1, 0.15) is 17.2 Å². The van der Waals surface area contributed by atoms with E-state index < -0.39 is 0 Å². The first-order chi connectivity index (χ1) is 3.91. The van der Waals surface area contributed by atoms with Crippen molar-refractivity contribution < 1.29 is 0 Å². The zero-order chi connectivity index (χ0) is 6.24. The van der Waals surface area contributed by atoms with E-state index in [9.17, 15) is 0 Å². The molecule has 0 aromatic heterocycles. The van der Waals surface area contributed by atoms with Gasteiger partial charge < -0.3 is 5.73 Å². The van der Waals surface area contributed by atoms with Crippen LogP contribution in [0.3, 0.4) is 0 Å². The molecular weight excluding hydrogens is 104 g/mol. The topological polar surface area (TPSA) is 76.3 Å². The Morgan fingerprint density at radius 2 is 2.25 bits per heavy atom. The van der Waals surface area contributed by atoms with E-state index in [1.54, 1.807) is 0 Å². The number of hydrogen-bond acceptors (Lipinski definition) is 3. The lowest BCUT2D eigenvalue weighted by Crippen LogP contribution is -1.98. The molecular formula is C4H11N4+. The molecule has 0 saturated heterocycles. The molecule has 0 spiro atoms. The van der Waals surface area contributed by atoms with Crippen LogP contribution in [0, 0.1) is 5.53 Å². The Hall–Kier alpha value is -0.730. The second-order valence-electron chi connectivity index (χ2n) is 1.46. The zero-order valence-corrected chi connectivity index (χ0v) is 4.80. The normalized spacial score (nSPS) is 8.12. The molecule has 0 aliphatic rings. The Kier molecular flexibility index (Phi) is 5.70. The summed E-state index contributed by atoms with van der Waals surface area (Å²) in [5, 5.41) is 3.45. The van der Waals surface area contributed by atoms with Gasteiger partial charge in [-0.2, -0.15) is 0 Å². The number of nitrogens with two attached hydrogens (primary N) is 1. The van der Waals surface area contributed by atoms with Gasteiger partial charge in [-0.25, -0.2) is 0 Å². The van der Waals surface area contributed by atoms with Gasteiger partial charge in [0, 0.05) is 0 Å². The van der Waals surface area contributed by atoms with Gasteiger partial charge in [-0.15, -0.1) is 0 Å². The summed E-state index contributed by atoms with van der Waals surface area (Å²) in [5.74, 6) is 0. The highest BCUT2D eigenvalue weighted by molar-refractivity contribution is 4.40. The molecule has 0 rings (SSSR count). The van der Waals surface area contributed by atoms with E-state index in [2.05, 4.69) is 10.0 Å². The van der Waals surface area contributed by atoms with Gasteiger partial charge in [0.25, 0.3) is 0 Å². The SMILES string of the molecule is N=[N+]=NCCCCN. The fourth-order valence-electron chi connectivity index (χ4n) is 0.377. The van der Waals surface area contributed by atoms with Crippen molar-refractivity contribution in [3.63, 3.8) is 0 Å². The largest absolute Gasteiger partial charge is 0.330 e. The van der Waals surface area contributed by atoms with E-state index in [-0.39, 0.29) is 0 Å². The van der Waals surface area contributed by atoms with Gasteiger partial charge in [0.15, 0.2) is 0 Å². The van der Waals surface area contributed by atoms with Gasteiger partial charge in [0.2, 0.25) is 4.91 Å². The average Bonchev–Trinajstić information content (AvgIpc) is 1.81. The van der Waals surface area contributed by atoms with Crippen LogP contribution in [-0.4, -0.2) is 13.1 Å². The van der Waals surface area contributed by atoms with Crippen molar-refractivity contribution in [2.45, 2.75) is 12.8 Å². The molecule has 0 aliphatic heterocycles. The van der Waals surface area contributed by atoms with Crippen molar-refractivity contribution in [2.24, 2.45) is 10.8 Å². The third-order valence-electron chi connectivity index (χ3n) is 0.783. The summed E-state index contributed by atoms with van der Waals surface area (Å²) in [7, 11) is 0. The van der Waals surface area contributed by atoms with Gasteiger partial charge >= 0.3 is 0 Å². The predicted molar refractivity (Wildman–Crippen MR) is 30.4 cm³/mol. The molecule has 0 unspecified atom stereocenters. The highest BCUT2D eigenvalue weighted by atomic mass is 15.1. The molecule has 3 N–H and O–H groups in total. The van der Waals surface area contributed by atoms with Crippen LogP contribution in [0.15, 0.2) is 5.11 Å². The third kappa shape index (κ3) is 5.27. The zero-order valence-electron chi connectivity index (χ0n) is 4.80. The van der Waals surface area contributed by atoms with E-state index in [0.29, 0.717) is 13.1 Å². The number of rotatable bonds is 4. The van der Waals surface area contributed by atoms with Crippen molar-refractivity contribution in [3.8, 4) is 0 Å². The fourth-order valence-corrected chi connectivity index (χ4v) is 0.377. The highest BCUT2D eigenvalue weighted by Crippen LogP contribution is 1.83. The summed E-state index contributed by atoms with van der Waals surface area (Å²) in [6.07, 6.45) is 1.91. The Balaban J connectivity index is 2.82. The number of nitrogens with zero attached hydrogens (tertiary/aromatic N) is 2. The Morgan fingerprint density at radius 1 is 1.50 bits per heavy atom. The van der Waals surface area contributed by atoms with E-state index >= 15 is 0 Å². The van der Waals surface area contributed by atoms with E-state index in [1.807, 2.05) is 0 Å². The van der Waals surface area contributed by atoms with Crippen molar-refractivity contribution in [2.75, 3.05) is 13.1 Å². The number of unbranched alkanes of at least 4 members (excludes halogenated alkanes) is 1. The van der Waals surface area contributed by atoms with Crippen LogP contribution in [-0.2, 0) is 0 Å². The third-order valence-corrected chi connectivity index (χ3v) is 0.783. The fraction of sp³-hybridized carbons (Fsp3) is 1.00. The molecule has 0 saturated carbocycles. The van der Waals surface area contributed by atoms with Gasteiger partial charge in [-0.05, 0) is 19.4 Å². The van der Waals surface area contributed by atoms with Crippen molar-refractivity contribution in [1.29, 1.82) is 5.53 Å². The Labute approximate surface area is 48.3 Å². The van der Waals surface area contributed by atoms with Crippen LogP contribution >= 0.6 is 0 Å². The molecule has 0 bridgehead atoms. The number of nitrogens with one attached hydrogen (secondary N) is 1. The molecule has 8 heavy (non-hydrogen) atoms. The molecule has 0 radical (unpaired) electrons. The van der Waals surface area contributed by atoms with Crippen LogP contribution < -0.4 is 10.6 Å². The standard InChI is InChI=1S/C4H11N4/c5-3-1-2-4-7-8-6/h6H,1-5H2/q+1. The summed E-state index contributed by atoms with van der Waals surface area (Å²) in [6, 6.07) is 0. The maximum Gasteiger partial charge on any atom is 0.214 e. The van der Waals surface area contributed by atoms with Crippen LogP contribution in [0.25, 0.3) is 0 Å². The van der Waals surface area contributed by atoms with Gasteiger partial charge in [-0.3, -0.25) is 0 Å². The second kappa shape index (κ2) is 6.27. The summed E-state index contributed by atoms with van der Waals surface area (Å²) < 4.78 is 0. The van der Waals surface area contributed by atoms with Gasteiger partial charge in [-0.1, -0.05) is 0 Å². The molecule has 0 fully saturated rings. The lowest BCUT2D eigenvalue weighted by molar-refractivity contribution is 0.719. The predicted octanol–water partition coefficient (Wildman–Crippen LogP) is 0.276. The molecule has 0 aliphatic carbocycles. The van der Waals surface area contributed by atoms with E-state index in [0.717, 1.165) is 12.8 Å². The maximum atomic E-state index is 6.27.